The van der Waals surface area contributed by atoms with Crippen molar-refractivity contribution in [2.45, 2.75) is 37.8 Å². The Morgan fingerprint density at radius 1 is 1.25 bits per heavy atom. The van der Waals surface area contributed by atoms with Gasteiger partial charge in [-0.3, -0.25) is 0 Å². The van der Waals surface area contributed by atoms with Gasteiger partial charge in [0.25, 0.3) is 0 Å². The maximum Gasteiger partial charge on any atom is 0.0922 e. The summed E-state index contributed by atoms with van der Waals surface area (Å²) in [4.78, 5) is 1.41. The second-order valence-corrected chi connectivity index (χ2v) is 7.28. The number of thiophene rings is 2. The molecule has 1 fully saturated rings. The molecule has 0 bridgehead atoms. The molecule has 2 atom stereocenters. The first-order valence-corrected chi connectivity index (χ1v) is 9.14. The van der Waals surface area contributed by atoms with Crippen LogP contribution in [0.15, 0.2) is 34.3 Å². The molecule has 2 unspecified atom stereocenters. The first kappa shape index (κ1) is 14.3. The fourth-order valence-electron chi connectivity index (χ4n) is 3.08. The van der Waals surface area contributed by atoms with Crippen LogP contribution >= 0.6 is 22.7 Å². The standard InChI is InChI=1S/C16H21NOS2/c18-14(13-7-9-19-11-13)10-17-16(12-4-1-2-5-12)15-6-3-8-20-15/h3,6-9,11-12,14,16-18H,1-2,4-5,10H2. The van der Waals surface area contributed by atoms with E-state index < -0.39 is 6.10 Å². The molecule has 2 nitrogen and oxygen atoms in total. The lowest BCUT2D eigenvalue weighted by atomic mass is 9.96. The van der Waals surface area contributed by atoms with Gasteiger partial charge in [-0.05, 0) is 52.6 Å². The van der Waals surface area contributed by atoms with E-state index >= 15 is 0 Å². The third kappa shape index (κ3) is 3.31. The molecule has 2 N–H and O–H groups in total. The van der Waals surface area contributed by atoms with E-state index in [2.05, 4.69) is 22.8 Å². The van der Waals surface area contributed by atoms with Crippen molar-refractivity contribution in [2.75, 3.05) is 6.54 Å². The lowest BCUT2D eigenvalue weighted by Gasteiger charge is -2.25. The van der Waals surface area contributed by atoms with E-state index in [-0.39, 0.29) is 0 Å². The minimum atomic E-state index is -0.398. The molecule has 108 valence electrons. The van der Waals surface area contributed by atoms with E-state index in [1.54, 1.807) is 11.3 Å². The zero-order valence-electron chi connectivity index (χ0n) is 11.5. The Bertz CT molecular complexity index is 489. The highest BCUT2D eigenvalue weighted by molar-refractivity contribution is 7.10. The first-order valence-electron chi connectivity index (χ1n) is 7.31. The fraction of sp³-hybridized carbons (Fsp3) is 0.500. The van der Waals surface area contributed by atoms with Crippen molar-refractivity contribution in [1.82, 2.24) is 5.32 Å². The van der Waals surface area contributed by atoms with Crippen LogP contribution in [-0.4, -0.2) is 11.7 Å². The molecule has 0 amide bonds. The van der Waals surface area contributed by atoms with E-state index in [4.69, 9.17) is 0 Å². The third-order valence-electron chi connectivity index (χ3n) is 4.18. The quantitative estimate of drug-likeness (QED) is 0.831. The van der Waals surface area contributed by atoms with Gasteiger partial charge < -0.3 is 10.4 Å². The Hall–Kier alpha value is -0.680. The fourth-order valence-corrected chi connectivity index (χ4v) is 4.68. The van der Waals surface area contributed by atoms with E-state index in [0.29, 0.717) is 12.6 Å². The molecule has 0 spiro atoms. The molecule has 2 aromatic heterocycles. The molecule has 0 saturated heterocycles. The number of hydrogen-bond donors (Lipinski definition) is 2. The van der Waals surface area contributed by atoms with Gasteiger partial charge in [0.1, 0.15) is 0 Å². The monoisotopic (exact) mass is 307 g/mol. The van der Waals surface area contributed by atoms with Crippen molar-refractivity contribution in [3.63, 3.8) is 0 Å². The number of hydrogen-bond acceptors (Lipinski definition) is 4. The summed E-state index contributed by atoms with van der Waals surface area (Å²) < 4.78 is 0. The highest BCUT2D eigenvalue weighted by Crippen LogP contribution is 2.37. The Kier molecular flexibility index (Phi) is 4.89. The Balaban J connectivity index is 1.64. The van der Waals surface area contributed by atoms with Crippen LogP contribution in [0.4, 0.5) is 0 Å². The molecule has 0 radical (unpaired) electrons. The number of rotatable bonds is 6. The van der Waals surface area contributed by atoms with Crippen molar-refractivity contribution in [3.05, 3.63) is 44.8 Å². The maximum absolute atomic E-state index is 10.2. The van der Waals surface area contributed by atoms with Crippen molar-refractivity contribution < 1.29 is 5.11 Å². The molecule has 0 aliphatic heterocycles. The van der Waals surface area contributed by atoms with Crippen LogP contribution in [-0.2, 0) is 0 Å². The van der Waals surface area contributed by atoms with Crippen LogP contribution < -0.4 is 5.32 Å². The normalized spacial score (nSPS) is 19.2. The average molecular weight is 307 g/mol. The highest BCUT2D eigenvalue weighted by atomic mass is 32.1. The van der Waals surface area contributed by atoms with Gasteiger partial charge >= 0.3 is 0 Å². The summed E-state index contributed by atoms with van der Waals surface area (Å²) in [7, 11) is 0. The van der Waals surface area contributed by atoms with Gasteiger partial charge in [-0.1, -0.05) is 18.9 Å². The first-order chi connectivity index (χ1) is 9.84. The van der Waals surface area contributed by atoms with Gasteiger partial charge in [0.15, 0.2) is 0 Å². The third-order valence-corrected chi connectivity index (χ3v) is 5.84. The van der Waals surface area contributed by atoms with E-state index in [0.717, 1.165) is 11.5 Å². The molecule has 20 heavy (non-hydrogen) atoms. The SMILES string of the molecule is OC(CNC(c1cccs1)C1CCCC1)c1ccsc1. The molecule has 4 heteroatoms. The topological polar surface area (TPSA) is 32.3 Å². The average Bonchev–Trinajstić information content (AvgIpc) is 3.22. The Morgan fingerprint density at radius 3 is 2.75 bits per heavy atom. The lowest BCUT2D eigenvalue weighted by molar-refractivity contribution is 0.164. The minimum absolute atomic E-state index is 0.398. The molecular weight excluding hydrogens is 286 g/mol. The van der Waals surface area contributed by atoms with Crippen LogP contribution in [0, 0.1) is 5.92 Å². The van der Waals surface area contributed by atoms with Crippen molar-refractivity contribution in [2.24, 2.45) is 5.92 Å². The second-order valence-electron chi connectivity index (χ2n) is 5.52. The van der Waals surface area contributed by atoms with Gasteiger partial charge in [-0.2, -0.15) is 11.3 Å². The maximum atomic E-state index is 10.2. The summed E-state index contributed by atoms with van der Waals surface area (Å²) in [5.41, 5.74) is 1.03. The van der Waals surface area contributed by atoms with Crippen LogP contribution in [0.3, 0.4) is 0 Å². The summed E-state index contributed by atoms with van der Waals surface area (Å²) in [5, 5.41) is 20.1. The summed E-state index contributed by atoms with van der Waals surface area (Å²) in [6.07, 6.45) is 4.92. The zero-order valence-corrected chi connectivity index (χ0v) is 13.1. The second kappa shape index (κ2) is 6.85. The number of nitrogens with one attached hydrogen (secondary N) is 1. The largest absolute Gasteiger partial charge is 0.387 e. The summed E-state index contributed by atoms with van der Waals surface area (Å²) in [6.45, 7) is 0.635. The predicted molar refractivity (Wildman–Crippen MR) is 86.3 cm³/mol. The van der Waals surface area contributed by atoms with E-state index in [1.807, 2.05) is 28.2 Å². The summed E-state index contributed by atoms with van der Waals surface area (Å²) in [5.74, 6) is 0.725. The molecular formula is C16H21NOS2. The molecule has 0 aromatic carbocycles. The lowest BCUT2D eigenvalue weighted by Crippen LogP contribution is -2.30. The van der Waals surface area contributed by atoms with Gasteiger partial charge in [-0.25, -0.2) is 0 Å². The van der Waals surface area contributed by atoms with Crippen LogP contribution in [0.2, 0.25) is 0 Å². The van der Waals surface area contributed by atoms with E-state index in [1.165, 1.54) is 30.6 Å². The van der Waals surface area contributed by atoms with Gasteiger partial charge in [-0.15, -0.1) is 11.3 Å². The van der Waals surface area contributed by atoms with Crippen LogP contribution in [0.1, 0.15) is 48.3 Å². The summed E-state index contributed by atoms with van der Waals surface area (Å²) >= 11 is 3.46. The number of aliphatic hydroxyl groups is 1. The van der Waals surface area contributed by atoms with Crippen molar-refractivity contribution in [1.29, 1.82) is 0 Å². The van der Waals surface area contributed by atoms with Crippen molar-refractivity contribution in [3.8, 4) is 0 Å². The molecule has 3 rings (SSSR count). The van der Waals surface area contributed by atoms with Gasteiger partial charge in [0.05, 0.1) is 6.10 Å². The van der Waals surface area contributed by atoms with Gasteiger partial charge in [0, 0.05) is 17.5 Å². The van der Waals surface area contributed by atoms with Crippen molar-refractivity contribution >= 4 is 22.7 Å². The molecule has 1 saturated carbocycles. The van der Waals surface area contributed by atoms with Crippen LogP contribution in [0.25, 0.3) is 0 Å². The van der Waals surface area contributed by atoms with Crippen LogP contribution in [0.5, 0.6) is 0 Å². The molecule has 1 aliphatic rings. The smallest absolute Gasteiger partial charge is 0.0922 e. The Morgan fingerprint density at radius 2 is 2.10 bits per heavy atom. The Labute approximate surface area is 128 Å². The molecule has 1 aliphatic carbocycles. The van der Waals surface area contributed by atoms with Gasteiger partial charge in [0.2, 0.25) is 0 Å². The zero-order chi connectivity index (χ0) is 13.8. The predicted octanol–water partition coefficient (Wildman–Crippen LogP) is 4.36. The molecule has 2 aromatic rings. The highest BCUT2D eigenvalue weighted by Gasteiger charge is 2.27. The summed E-state index contributed by atoms with van der Waals surface area (Å²) in [6, 6.07) is 6.76. The minimum Gasteiger partial charge on any atom is -0.387 e. The van der Waals surface area contributed by atoms with E-state index in [9.17, 15) is 5.11 Å². The number of aliphatic hydroxyl groups excluding tert-OH is 1. The molecule has 2 heterocycles.